The molecule has 0 aromatic heterocycles. The lowest BCUT2D eigenvalue weighted by Crippen LogP contribution is -2.38. The van der Waals surface area contributed by atoms with Crippen LogP contribution in [-0.4, -0.2) is 30.3 Å². The number of carbonyl (C=O) groups excluding carboxylic acids is 3. The summed E-state index contributed by atoms with van der Waals surface area (Å²) in [5.41, 5.74) is 3.23. The van der Waals surface area contributed by atoms with E-state index in [1.54, 1.807) is 0 Å². The second-order valence-corrected chi connectivity index (χ2v) is 7.32. The highest BCUT2D eigenvalue weighted by Crippen LogP contribution is 2.23. The van der Waals surface area contributed by atoms with Crippen molar-refractivity contribution in [3.63, 3.8) is 0 Å². The molecular formula is C21H27NO4. The molecule has 1 fully saturated rings. The number of ether oxygens (including phenoxy) is 1. The Kier molecular flexibility index (Phi) is 6.42. The smallest absolute Gasteiger partial charge is 0.306 e. The summed E-state index contributed by atoms with van der Waals surface area (Å²) in [5, 5.41) is 2.91. The van der Waals surface area contributed by atoms with Crippen molar-refractivity contribution in [3.05, 3.63) is 34.9 Å². The Morgan fingerprint density at radius 3 is 2.54 bits per heavy atom. The van der Waals surface area contributed by atoms with Gasteiger partial charge in [0.15, 0.2) is 12.4 Å². The highest BCUT2D eigenvalue weighted by molar-refractivity contribution is 5.98. The van der Waals surface area contributed by atoms with Crippen LogP contribution in [0.4, 0.5) is 0 Å². The van der Waals surface area contributed by atoms with Gasteiger partial charge >= 0.3 is 5.97 Å². The third-order valence-electron chi connectivity index (χ3n) is 5.31. The summed E-state index contributed by atoms with van der Waals surface area (Å²) in [7, 11) is 0. The fourth-order valence-corrected chi connectivity index (χ4v) is 3.84. The number of hydrogen-bond donors (Lipinski definition) is 1. The summed E-state index contributed by atoms with van der Waals surface area (Å²) in [4.78, 5) is 35.9. The molecule has 0 radical (unpaired) electrons. The van der Waals surface area contributed by atoms with Gasteiger partial charge in [0.1, 0.15) is 0 Å². The minimum Gasteiger partial charge on any atom is -0.456 e. The summed E-state index contributed by atoms with van der Waals surface area (Å²) in [6.45, 7) is -0.262. The second kappa shape index (κ2) is 8.97. The van der Waals surface area contributed by atoms with Crippen LogP contribution in [-0.2, 0) is 27.2 Å². The zero-order chi connectivity index (χ0) is 18.4. The molecule has 1 aromatic carbocycles. The Morgan fingerprint density at radius 1 is 0.962 bits per heavy atom. The number of carbonyl (C=O) groups is 3. The zero-order valence-electron chi connectivity index (χ0n) is 15.2. The SMILES string of the molecule is O=C(COC(=O)CCC(=O)c1ccc2c(c1)CCC2)NC1CCCCC1. The van der Waals surface area contributed by atoms with Crippen LogP contribution >= 0.6 is 0 Å². The second-order valence-electron chi connectivity index (χ2n) is 7.32. The van der Waals surface area contributed by atoms with Crippen LogP contribution in [0.3, 0.4) is 0 Å². The molecule has 0 bridgehead atoms. The molecule has 0 aliphatic heterocycles. The van der Waals surface area contributed by atoms with E-state index in [9.17, 15) is 14.4 Å². The van der Waals surface area contributed by atoms with E-state index >= 15 is 0 Å². The van der Waals surface area contributed by atoms with Gasteiger partial charge in [-0.3, -0.25) is 14.4 Å². The van der Waals surface area contributed by atoms with Crippen LogP contribution in [0, 0.1) is 0 Å². The number of esters is 1. The van der Waals surface area contributed by atoms with Gasteiger partial charge < -0.3 is 10.1 Å². The first kappa shape index (κ1) is 18.6. The number of hydrogen-bond acceptors (Lipinski definition) is 4. The van der Waals surface area contributed by atoms with E-state index in [4.69, 9.17) is 4.74 Å². The first-order valence-electron chi connectivity index (χ1n) is 9.72. The number of rotatable bonds is 7. The van der Waals surface area contributed by atoms with Crippen LogP contribution in [0.25, 0.3) is 0 Å². The molecule has 1 N–H and O–H groups in total. The molecule has 2 aliphatic rings. The minimum absolute atomic E-state index is 0.00657. The number of benzene rings is 1. The molecular weight excluding hydrogens is 330 g/mol. The number of aryl methyl sites for hydroxylation is 2. The van der Waals surface area contributed by atoms with Gasteiger partial charge in [-0.25, -0.2) is 0 Å². The lowest BCUT2D eigenvalue weighted by molar-refractivity contribution is -0.148. The molecule has 1 saturated carbocycles. The summed E-state index contributed by atoms with van der Waals surface area (Å²) in [5.74, 6) is -0.809. The Hall–Kier alpha value is -2.17. The van der Waals surface area contributed by atoms with Crippen molar-refractivity contribution in [2.24, 2.45) is 0 Å². The van der Waals surface area contributed by atoms with Crippen molar-refractivity contribution in [1.82, 2.24) is 5.32 Å². The summed E-state index contributed by atoms with van der Waals surface area (Å²) in [6.07, 6.45) is 8.85. The maximum Gasteiger partial charge on any atom is 0.306 e. The van der Waals surface area contributed by atoms with E-state index in [2.05, 4.69) is 5.32 Å². The number of ketones is 1. The van der Waals surface area contributed by atoms with Gasteiger partial charge in [-0.2, -0.15) is 0 Å². The molecule has 0 heterocycles. The van der Waals surface area contributed by atoms with Crippen molar-refractivity contribution < 1.29 is 19.1 Å². The van der Waals surface area contributed by atoms with Crippen LogP contribution in [0.15, 0.2) is 18.2 Å². The third kappa shape index (κ3) is 5.16. The number of fused-ring (bicyclic) bond motifs is 1. The Labute approximate surface area is 154 Å². The van der Waals surface area contributed by atoms with Crippen LogP contribution in [0.5, 0.6) is 0 Å². The van der Waals surface area contributed by atoms with E-state index in [-0.39, 0.29) is 37.2 Å². The highest BCUT2D eigenvalue weighted by Gasteiger charge is 2.18. The van der Waals surface area contributed by atoms with Crippen LogP contribution < -0.4 is 5.32 Å². The Morgan fingerprint density at radius 2 is 1.73 bits per heavy atom. The maximum atomic E-state index is 12.3. The minimum atomic E-state index is -0.502. The van der Waals surface area contributed by atoms with Crippen molar-refractivity contribution >= 4 is 17.7 Å². The van der Waals surface area contributed by atoms with E-state index in [0.717, 1.165) is 44.9 Å². The predicted octanol–water partition coefficient (Wildman–Crippen LogP) is 3.13. The first-order chi connectivity index (χ1) is 12.6. The van der Waals surface area contributed by atoms with Gasteiger partial charge in [-0.15, -0.1) is 0 Å². The van der Waals surface area contributed by atoms with E-state index < -0.39 is 5.97 Å². The molecule has 140 valence electrons. The van der Waals surface area contributed by atoms with Gasteiger partial charge in [0, 0.05) is 18.0 Å². The molecule has 5 heteroatoms. The zero-order valence-corrected chi connectivity index (χ0v) is 15.2. The van der Waals surface area contributed by atoms with Crippen molar-refractivity contribution in [1.29, 1.82) is 0 Å². The number of amides is 1. The number of Topliss-reactive ketones (excluding diaryl/α,β-unsaturated/α-hetero) is 1. The topological polar surface area (TPSA) is 72.5 Å². The summed E-state index contributed by atoms with van der Waals surface area (Å²) >= 11 is 0. The number of nitrogens with one attached hydrogen (secondary N) is 1. The largest absolute Gasteiger partial charge is 0.456 e. The fraction of sp³-hybridized carbons (Fsp3) is 0.571. The lowest BCUT2D eigenvalue weighted by atomic mass is 9.95. The standard InChI is InChI=1S/C21H27NO4/c23-19(17-10-9-15-5-4-6-16(15)13-17)11-12-21(25)26-14-20(24)22-18-7-2-1-3-8-18/h9-10,13,18H,1-8,11-12,14H2,(H,22,24). The van der Waals surface area contributed by atoms with Gasteiger partial charge in [0.25, 0.3) is 5.91 Å². The highest BCUT2D eigenvalue weighted by atomic mass is 16.5. The monoisotopic (exact) mass is 357 g/mol. The molecule has 1 aromatic rings. The van der Waals surface area contributed by atoms with E-state index in [1.165, 1.54) is 17.5 Å². The summed E-state index contributed by atoms with van der Waals surface area (Å²) in [6, 6.07) is 6.02. The molecule has 0 saturated heterocycles. The summed E-state index contributed by atoms with van der Waals surface area (Å²) < 4.78 is 5.00. The molecule has 0 atom stereocenters. The lowest BCUT2D eigenvalue weighted by Gasteiger charge is -2.22. The van der Waals surface area contributed by atoms with Crippen molar-refractivity contribution in [3.8, 4) is 0 Å². The third-order valence-corrected chi connectivity index (χ3v) is 5.31. The van der Waals surface area contributed by atoms with Gasteiger partial charge in [-0.05, 0) is 49.3 Å². The molecule has 3 rings (SSSR count). The van der Waals surface area contributed by atoms with Gasteiger partial charge in [0.2, 0.25) is 0 Å². The average molecular weight is 357 g/mol. The Balaban J connectivity index is 1.37. The predicted molar refractivity (Wildman–Crippen MR) is 98.0 cm³/mol. The van der Waals surface area contributed by atoms with Crippen LogP contribution in [0.2, 0.25) is 0 Å². The molecule has 0 unspecified atom stereocenters. The van der Waals surface area contributed by atoms with Crippen LogP contribution in [0.1, 0.15) is 72.9 Å². The van der Waals surface area contributed by atoms with Gasteiger partial charge in [-0.1, -0.05) is 31.4 Å². The normalized spacial score (nSPS) is 16.8. The van der Waals surface area contributed by atoms with Gasteiger partial charge in [0.05, 0.1) is 6.42 Å². The quantitative estimate of drug-likeness (QED) is 0.601. The average Bonchev–Trinajstić information content (AvgIpc) is 3.13. The molecule has 1 amide bonds. The van der Waals surface area contributed by atoms with Crippen molar-refractivity contribution in [2.45, 2.75) is 70.3 Å². The van der Waals surface area contributed by atoms with Crippen molar-refractivity contribution in [2.75, 3.05) is 6.61 Å². The fourth-order valence-electron chi connectivity index (χ4n) is 3.84. The first-order valence-corrected chi connectivity index (χ1v) is 9.72. The molecule has 26 heavy (non-hydrogen) atoms. The Bertz CT molecular complexity index is 677. The molecule has 2 aliphatic carbocycles. The van der Waals surface area contributed by atoms with E-state index in [1.807, 2.05) is 18.2 Å². The maximum absolute atomic E-state index is 12.3. The molecule has 5 nitrogen and oxygen atoms in total. The molecule has 0 spiro atoms. The van der Waals surface area contributed by atoms with E-state index in [0.29, 0.717) is 5.56 Å².